The Bertz CT molecular complexity index is 531. The molecule has 0 radical (unpaired) electrons. The van der Waals surface area contributed by atoms with E-state index in [1.54, 1.807) is 6.07 Å². The molecule has 21 heavy (non-hydrogen) atoms. The van der Waals surface area contributed by atoms with Gasteiger partial charge in [0, 0.05) is 12.6 Å². The summed E-state index contributed by atoms with van der Waals surface area (Å²) in [5, 5.41) is 8.65. The molecule has 118 valence electrons. The van der Waals surface area contributed by atoms with Crippen LogP contribution in [0.15, 0.2) is 6.07 Å². The fourth-order valence-electron chi connectivity index (χ4n) is 2.30. The Kier molecular flexibility index (Phi) is 5.50. The first-order chi connectivity index (χ1) is 9.90. The van der Waals surface area contributed by atoms with Gasteiger partial charge in [0.05, 0.1) is 31.1 Å². The molecule has 1 aromatic rings. The maximum absolute atomic E-state index is 11.4. The third-order valence-electron chi connectivity index (χ3n) is 3.31. The van der Waals surface area contributed by atoms with Crippen LogP contribution in [0.3, 0.4) is 0 Å². The van der Waals surface area contributed by atoms with Gasteiger partial charge in [-0.1, -0.05) is 0 Å². The standard InChI is InChI=1S/C12H18ClN3O4S/c1-7-6-20-4-3-16(7)10-5-9(14-12(13)15-10)11(8(2)17)21(18)19/h5,7-8,11,17H,3-4,6H2,1-2H3,(H,18,19)/t7-,8?,11?/m0/s1. The van der Waals surface area contributed by atoms with Gasteiger partial charge in [-0.05, 0) is 25.4 Å². The van der Waals surface area contributed by atoms with Gasteiger partial charge in [-0.2, -0.15) is 0 Å². The van der Waals surface area contributed by atoms with Crippen LogP contribution < -0.4 is 4.90 Å². The van der Waals surface area contributed by atoms with E-state index in [1.807, 2.05) is 11.8 Å². The molecule has 1 aliphatic heterocycles. The first-order valence-corrected chi connectivity index (χ1v) is 8.11. The number of hydrogen-bond donors (Lipinski definition) is 2. The first kappa shape index (κ1) is 16.6. The maximum atomic E-state index is 11.4. The Morgan fingerprint density at radius 1 is 1.57 bits per heavy atom. The maximum Gasteiger partial charge on any atom is 0.224 e. The quantitative estimate of drug-likeness (QED) is 0.626. The molecule has 2 N–H and O–H groups in total. The number of nitrogens with zero attached hydrogens (tertiary/aromatic N) is 3. The topological polar surface area (TPSA) is 95.8 Å². The molecule has 0 amide bonds. The first-order valence-electron chi connectivity index (χ1n) is 6.56. The highest BCUT2D eigenvalue weighted by Crippen LogP contribution is 2.27. The number of aliphatic hydroxyl groups excluding tert-OH is 1. The van der Waals surface area contributed by atoms with E-state index >= 15 is 0 Å². The summed E-state index contributed by atoms with van der Waals surface area (Å²) >= 11 is 3.67. The molecule has 2 heterocycles. The van der Waals surface area contributed by atoms with Crippen LogP contribution in [-0.2, 0) is 15.8 Å². The fourth-order valence-corrected chi connectivity index (χ4v) is 3.15. The van der Waals surface area contributed by atoms with Gasteiger partial charge in [-0.15, -0.1) is 0 Å². The molecule has 2 rings (SSSR count). The highest BCUT2D eigenvalue weighted by atomic mass is 35.5. The van der Waals surface area contributed by atoms with E-state index in [0.29, 0.717) is 25.6 Å². The van der Waals surface area contributed by atoms with Gasteiger partial charge in [-0.25, -0.2) is 14.2 Å². The molecule has 7 nitrogen and oxygen atoms in total. The predicted molar refractivity (Wildman–Crippen MR) is 79.9 cm³/mol. The van der Waals surface area contributed by atoms with E-state index in [-0.39, 0.29) is 17.0 Å². The lowest BCUT2D eigenvalue weighted by atomic mass is 10.2. The minimum Gasteiger partial charge on any atom is -0.392 e. The Labute approximate surface area is 130 Å². The molecule has 0 spiro atoms. The molecule has 1 aromatic heterocycles. The Hall–Kier alpha value is -0.800. The highest BCUT2D eigenvalue weighted by molar-refractivity contribution is 7.79. The van der Waals surface area contributed by atoms with E-state index in [0.717, 1.165) is 0 Å². The van der Waals surface area contributed by atoms with Crippen molar-refractivity contribution >= 4 is 28.5 Å². The van der Waals surface area contributed by atoms with Gasteiger partial charge in [0.1, 0.15) is 11.1 Å². The number of rotatable bonds is 4. The molecule has 1 saturated heterocycles. The number of ether oxygens (including phenoxy) is 1. The molecule has 0 aromatic carbocycles. The second-order valence-corrected chi connectivity index (χ2v) is 6.37. The average Bonchev–Trinajstić information content (AvgIpc) is 2.37. The zero-order chi connectivity index (χ0) is 15.6. The molecular formula is C12H18ClN3O4S. The van der Waals surface area contributed by atoms with Crippen molar-refractivity contribution in [2.24, 2.45) is 0 Å². The minimum atomic E-state index is -2.26. The van der Waals surface area contributed by atoms with Gasteiger partial charge in [0.2, 0.25) is 5.28 Å². The van der Waals surface area contributed by atoms with Crippen molar-refractivity contribution in [2.75, 3.05) is 24.7 Å². The predicted octanol–water partition coefficient (Wildman–Crippen LogP) is 0.999. The van der Waals surface area contributed by atoms with E-state index in [9.17, 15) is 13.9 Å². The normalized spacial score (nSPS) is 23.7. The van der Waals surface area contributed by atoms with Crippen molar-refractivity contribution in [1.29, 1.82) is 0 Å². The Morgan fingerprint density at radius 3 is 2.86 bits per heavy atom. The van der Waals surface area contributed by atoms with Crippen molar-refractivity contribution in [3.8, 4) is 0 Å². The molecule has 1 aliphatic rings. The third-order valence-corrected chi connectivity index (χ3v) is 4.55. The van der Waals surface area contributed by atoms with E-state index < -0.39 is 22.4 Å². The summed E-state index contributed by atoms with van der Waals surface area (Å²) < 4.78 is 26.1. The molecule has 9 heteroatoms. The van der Waals surface area contributed by atoms with Gasteiger partial charge in [0.25, 0.3) is 0 Å². The van der Waals surface area contributed by atoms with Crippen molar-refractivity contribution < 1.29 is 18.6 Å². The fraction of sp³-hybridized carbons (Fsp3) is 0.667. The van der Waals surface area contributed by atoms with E-state index in [1.165, 1.54) is 6.92 Å². The molecule has 1 fully saturated rings. The zero-order valence-corrected chi connectivity index (χ0v) is 13.3. The SMILES string of the molecule is CC(O)C(c1cc(N2CCOC[C@@H]2C)nc(Cl)n1)S(=O)O. The number of aliphatic hydroxyl groups is 1. The summed E-state index contributed by atoms with van der Waals surface area (Å²) in [6.45, 7) is 5.22. The number of morpholine rings is 1. The lowest BCUT2D eigenvalue weighted by Crippen LogP contribution is -2.44. The molecule has 4 atom stereocenters. The number of anilines is 1. The van der Waals surface area contributed by atoms with Crippen molar-refractivity contribution in [2.45, 2.75) is 31.2 Å². The summed E-state index contributed by atoms with van der Waals surface area (Å²) in [7, 11) is 0. The summed E-state index contributed by atoms with van der Waals surface area (Å²) in [5.74, 6) is 0.567. The van der Waals surface area contributed by atoms with Crippen LogP contribution in [0.2, 0.25) is 5.28 Å². The molecule has 0 aliphatic carbocycles. The van der Waals surface area contributed by atoms with Crippen LogP contribution in [-0.4, -0.2) is 55.7 Å². The summed E-state index contributed by atoms with van der Waals surface area (Å²) in [5.41, 5.74) is 0.250. The minimum absolute atomic E-state index is 0.0164. The molecule has 0 saturated carbocycles. The van der Waals surface area contributed by atoms with E-state index in [4.69, 9.17) is 16.3 Å². The van der Waals surface area contributed by atoms with Crippen LogP contribution in [0.5, 0.6) is 0 Å². The van der Waals surface area contributed by atoms with Gasteiger partial charge < -0.3 is 19.3 Å². The van der Waals surface area contributed by atoms with Gasteiger partial charge in [-0.3, -0.25) is 0 Å². The highest BCUT2D eigenvalue weighted by Gasteiger charge is 2.28. The van der Waals surface area contributed by atoms with Crippen molar-refractivity contribution in [3.05, 3.63) is 17.0 Å². The van der Waals surface area contributed by atoms with Gasteiger partial charge in [0.15, 0.2) is 11.1 Å². The summed E-state index contributed by atoms with van der Waals surface area (Å²) in [4.78, 5) is 10.2. The summed E-state index contributed by atoms with van der Waals surface area (Å²) in [6, 6.07) is 1.71. The van der Waals surface area contributed by atoms with Crippen LogP contribution in [0.1, 0.15) is 24.8 Å². The van der Waals surface area contributed by atoms with Crippen molar-refractivity contribution in [3.63, 3.8) is 0 Å². The molecule has 3 unspecified atom stereocenters. The largest absolute Gasteiger partial charge is 0.392 e. The van der Waals surface area contributed by atoms with Crippen LogP contribution in [0.4, 0.5) is 5.82 Å². The third kappa shape index (κ3) is 3.89. The second-order valence-electron chi connectivity index (χ2n) is 4.97. The smallest absolute Gasteiger partial charge is 0.224 e. The zero-order valence-electron chi connectivity index (χ0n) is 11.8. The molecular weight excluding hydrogens is 318 g/mol. The number of halogens is 1. The lowest BCUT2D eigenvalue weighted by Gasteiger charge is -2.34. The summed E-state index contributed by atoms with van der Waals surface area (Å²) in [6.07, 6.45) is -1.03. The molecule has 0 bridgehead atoms. The van der Waals surface area contributed by atoms with Crippen LogP contribution >= 0.6 is 11.6 Å². The van der Waals surface area contributed by atoms with Crippen LogP contribution in [0, 0.1) is 0 Å². The van der Waals surface area contributed by atoms with Gasteiger partial charge >= 0.3 is 0 Å². The van der Waals surface area contributed by atoms with Crippen LogP contribution in [0.25, 0.3) is 0 Å². The Morgan fingerprint density at radius 2 is 2.29 bits per heavy atom. The Balaban J connectivity index is 2.38. The average molecular weight is 336 g/mol. The second kappa shape index (κ2) is 6.97. The number of aromatic nitrogens is 2. The lowest BCUT2D eigenvalue weighted by molar-refractivity contribution is 0.0985. The van der Waals surface area contributed by atoms with E-state index in [2.05, 4.69) is 9.97 Å². The monoisotopic (exact) mass is 335 g/mol. The van der Waals surface area contributed by atoms with Crippen molar-refractivity contribution in [1.82, 2.24) is 9.97 Å². The number of hydrogen-bond acceptors (Lipinski definition) is 6.